The van der Waals surface area contributed by atoms with Crippen molar-refractivity contribution in [2.75, 3.05) is 0 Å². The van der Waals surface area contributed by atoms with Gasteiger partial charge < -0.3 is 8.98 Å². The number of hydrogen-bond acceptors (Lipinski definition) is 2. The summed E-state index contributed by atoms with van der Waals surface area (Å²) in [5, 5.41) is 1.00. The van der Waals surface area contributed by atoms with Gasteiger partial charge >= 0.3 is 0 Å². The molecule has 3 aromatic carbocycles. The van der Waals surface area contributed by atoms with Crippen molar-refractivity contribution in [1.29, 1.82) is 0 Å². The molecule has 0 fully saturated rings. The molecule has 0 N–H and O–H groups in total. The van der Waals surface area contributed by atoms with Gasteiger partial charge in [0.05, 0.1) is 23.1 Å². The van der Waals surface area contributed by atoms with E-state index >= 15 is 0 Å². The Hall–Kier alpha value is -3.33. The fourth-order valence-electron chi connectivity index (χ4n) is 5.00. The third-order valence-corrected chi connectivity index (χ3v) is 6.86. The minimum Gasteiger partial charge on any atom is -0.464 e. The topological polar surface area (TPSA) is 31.0 Å². The smallest absolute Gasteiger partial charge is 0.145 e. The van der Waals surface area contributed by atoms with Crippen molar-refractivity contribution in [3.63, 3.8) is 0 Å². The van der Waals surface area contributed by atoms with E-state index in [4.69, 9.17) is 10.8 Å². The quantitative estimate of drug-likeness (QED) is 0.258. The lowest BCUT2D eigenvalue weighted by molar-refractivity contribution is 0.616. The summed E-state index contributed by atoms with van der Waals surface area (Å²) in [6, 6.07) is 21.1. The molecule has 0 saturated heterocycles. The molecule has 3 heteroatoms. The molecule has 0 unspecified atom stereocenters. The van der Waals surface area contributed by atoms with Crippen LogP contribution >= 0.6 is 0 Å². The maximum Gasteiger partial charge on any atom is 0.145 e. The number of para-hydroxylation sites is 2. The average Bonchev–Trinajstić information content (AvgIpc) is 3.39. The molecule has 3 nitrogen and oxygen atoms in total. The van der Waals surface area contributed by atoms with Gasteiger partial charge in [-0.15, -0.1) is 0 Å². The van der Waals surface area contributed by atoms with Crippen LogP contribution in [0.4, 0.5) is 0 Å². The van der Waals surface area contributed by atoms with Crippen molar-refractivity contribution in [2.24, 2.45) is 0 Å². The highest BCUT2D eigenvalue weighted by molar-refractivity contribution is 5.95. The van der Waals surface area contributed by atoms with Gasteiger partial charge in [0.15, 0.2) is 0 Å². The molecule has 0 saturated carbocycles. The lowest BCUT2D eigenvalue weighted by atomic mass is 9.88. The van der Waals surface area contributed by atoms with E-state index in [0.29, 0.717) is 11.8 Å². The molecular formula is C31H34N2O. The molecule has 0 aliphatic heterocycles. The molecule has 0 atom stereocenters. The molecule has 2 aromatic heterocycles. The van der Waals surface area contributed by atoms with Gasteiger partial charge in [0.1, 0.15) is 17.7 Å². The standard InChI is InChI=1S/C31H34N2O/c1-19(2)22-14-15-30-25(16-22)27(18-34-30)31-32-28-12-7-8-13-29(28)33(31)17-26-23(20(3)4)10-9-11-24(26)21(5)6/h7-16,18-21H,17H2,1-6H3/i19D. The summed E-state index contributed by atoms with van der Waals surface area (Å²) in [6.07, 6.45) is 1.82. The van der Waals surface area contributed by atoms with Gasteiger partial charge in [-0.05, 0) is 64.2 Å². The van der Waals surface area contributed by atoms with E-state index in [1.807, 2.05) is 38.3 Å². The number of fused-ring (bicyclic) bond motifs is 2. The van der Waals surface area contributed by atoms with Crippen LogP contribution in [0.5, 0.6) is 0 Å². The minimum atomic E-state index is -0.689. The SMILES string of the molecule is [2H]C(C)(C)c1ccc2occ(-c3nc4ccccc4n3Cc3c(C(C)C)cccc3C(C)C)c2c1. The Morgan fingerprint density at radius 2 is 1.59 bits per heavy atom. The number of benzene rings is 3. The van der Waals surface area contributed by atoms with Crippen LogP contribution in [0.25, 0.3) is 33.4 Å². The zero-order valence-corrected chi connectivity index (χ0v) is 21.0. The van der Waals surface area contributed by atoms with Gasteiger partial charge in [0.25, 0.3) is 0 Å². The normalized spacial score (nSPS) is 12.9. The van der Waals surface area contributed by atoms with Crippen LogP contribution in [-0.4, -0.2) is 9.55 Å². The van der Waals surface area contributed by atoms with Crippen LogP contribution in [0, 0.1) is 0 Å². The third kappa shape index (κ3) is 3.83. The van der Waals surface area contributed by atoms with Crippen molar-refractivity contribution in [3.05, 3.63) is 89.2 Å². The summed E-state index contributed by atoms with van der Waals surface area (Å²) in [5.41, 5.74) is 8.98. The van der Waals surface area contributed by atoms with Gasteiger partial charge in [0.2, 0.25) is 0 Å². The van der Waals surface area contributed by atoms with E-state index in [9.17, 15) is 0 Å². The summed E-state index contributed by atoms with van der Waals surface area (Å²) in [4.78, 5) is 5.10. The number of nitrogens with zero attached hydrogens (tertiary/aromatic N) is 2. The molecule has 0 bridgehead atoms. The van der Waals surface area contributed by atoms with Crippen molar-refractivity contribution in [3.8, 4) is 11.4 Å². The molecule has 2 heterocycles. The van der Waals surface area contributed by atoms with Crippen molar-refractivity contribution in [2.45, 2.75) is 65.8 Å². The highest BCUT2D eigenvalue weighted by Crippen LogP contribution is 2.36. The predicted octanol–water partition coefficient (Wildman–Crippen LogP) is 8.87. The Bertz CT molecular complexity index is 1490. The molecule has 34 heavy (non-hydrogen) atoms. The molecule has 174 valence electrons. The lowest BCUT2D eigenvalue weighted by Gasteiger charge is -2.21. The first-order chi connectivity index (χ1) is 16.6. The van der Waals surface area contributed by atoms with E-state index < -0.39 is 5.89 Å². The lowest BCUT2D eigenvalue weighted by Crippen LogP contribution is -2.10. The molecule has 0 amide bonds. The maximum atomic E-state index is 8.53. The first-order valence-electron chi connectivity index (χ1n) is 12.7. The highest BCUT2D eigenvalue weighted by atomic mass is 16.3. The largest absolute Gasteiger partial charge is 0.464 e. The van der Waals surface area contributed by atoms with E-state index in [2.05, 4.69) is 74.7 Å². The number of hydrogen-bond donors (Lipinski definition) is 0. The summed E-state index contributed by atoms with van der Waals surface area (Å²) in [6.45, 7) is 13.6. The van der Waals surface area contributed by atoms with Crippen molar-refractivity contribution in [1.82, 2.24) is 9.55 Å². The van der Waals surface area contributed by atoms with E-state index in [0.717, 1.165) is 45.5 Å². The Kier molecular flexibility index (Phi) is 5.49. The number of furan rings is 1. The second-order valence-electron chi connectivity index (χ2n) is 10.1. The molecular weight excluding hydrogens is 416 g/mol. The van der Waals surface area contributed by atoms with Gasteiger partial charge in [-0.2, -0.15) is 0 Å². The number of rotatable bonds is 6. The summed E-state index contributed by atoms with van der Waals surface area (Å²) in [5.74, 6) is 1.07. The van der Waals surface area contributed by atoms with Gasteiger partial charge in [-0.3, -0.25) is 0 Å². The second-order valence-corrected chi connectivity index (χ2v) is 10.1. The number of aromatic nitrogens is 2. The van der Waals surface area contributed by atoms with Gasteiger partial charge in [0, 0.05) is 6.76 Å². The van der Waals surface area contributed by atoms with Crippen molar-refractivity contribution < 1.29 is 5.79 Å². The van der Waals surface area contributed by atoms with Gasteiger partial charge in [-0.1, -0.05) is 77.9 Å². The molecule has 0 aliphatic carbocycles. The van der Waals surface area contributed by atoms with E-state index in [-0.39, 0.29) is 0 Å². The summed E-state index contributed by atoms with van der Waals surface area (Å²) in [7, 11) is 0. The van der Waals surface area contributed by atoms with Gasteiger partial charge in [-0.25, -0.2) is 4.98 Å². The average molecular weight is 452 g/mol. The monoisotopic (exact) mass is 451 g/mol. The highest BCUT2D eigenvalue weighted by Gasteiger charge is 2.21. The Balaban J connectivity index is 1.76. The summed E-state index contributed by atoms with van der Waals surface area (Å²) < 4.78 is 16.9. The Morgan fingerprint density at radius 3 is 2.26 bits per heavy atom. The Labute approximate surface area is 203 Å². The van der Waals surface area contributed by atoms with E-state index in [1.165, 1.54) is 16.7 Å². The Morgan fingerprint density at radius 1 is 0.882 bits per heavy atom. The van der Waals surface area contributed by atoms with Crippen LogP contribution in [0.2, 0.25) is 0 Å². The van der Waals surface area contributed by atoms with Crippen LogP contribution in [-0.2, 0) is 6.54 Å². The third-order valence-electron chi connectivity index (χ3n) is 6.86. The second kappa shape index (κ2) is 8.79. The molecule has 5 rings (SSSR count). The van der Waals surface area contributed by atoms with Crippen LogP contribution < -0.4 is 0 Å². The molecule has 0 aliphatic rings. The number of imidazole rings is 1. The molecule has 0 radical (unpaired) electrons. The summed E-state index contributed by atoms with van der Waals surface area (Å²) >= 11 is 0. The molecule has 0 spiro atoms. The van der Waals surface area contributed by atoms with Crippen LogP contribution in [0.1, 0.15) is 82.9 Å². The molecule has 5 aromatic rings. The fourth-order valence-corrected chi connectivity index (χ4v) is 5.00. The van der Waals surface area contributed by atoms with E-state index in [1.54, 1.807) is 0 Å². The first kappa shape index (κ1) is 21.2. The zero-order chi connectivity index (χ0) is 24.9. The fraction of sp³-hybridized carbons (Fsp3) is 0.323. The van der Waals surface area contributed by atoms with Crippen LogP contribution in [0.15, 0.2) is 71.3 Å². The maximum absolute atomic E-state index is 8.53. The first-order valence-corrected chi connectivity index (χ1v) is 12.2. The van der Waals surface area contributed by atoms with Crippen molar-refractivity contribution >= 4 is 22.0 Å². The minimum absolute atomic E-state index is 0.429. The van der Waals surface area contributed by atoms with Crippen LogP contribution in [0.3, 0.4) is 0 Å². The zero-order valence-electron chi connectivity index (χ0n) is 22.0. The predicted molar refractivity (Wildman–Crippen MR) is 143 cm³/mol.